The first-order valence-electron chi connectivity index (χ1n) is 6.88. The van der Waals surface area contributed by atoms with Gasteiger partial charge in [-0.2, -0.15) is 11.8 Å². The van der Waals surface area contributed by atoms with Crippen LogP contribution in [0.5, 0.6) is 0 Å². The maximum absolute atomic E-state index is 6.10. The number of aliphatic imine (C=N–C) groups is 1. The van der Waals surface area contributed by atoms with Gasteiger partial charge in [0.1, 0.15) is 0 Å². The molecule has 0 aromatic carbocycles. The molecule has 106 valence electrons. The molecule has 3 nitrogen and oxygen atoms in total. The van der Waals surface area contributed by atoms with Crippen molar-refractivity contribution in [1.82, 2.24) is 4.90 Å². The Labute approximate surface area is 132 Å². The van der Waals surface area contributed by atoms with E-state index in [4.69, 9.17) is 5.73 Å². The van der Waals surface area contributed by atoms with Crippen LogP contribution in [0.3, 0.4) is 0 Å². The van der Waals surface area contributed by atoms with E-state index in [1.54, 1.807) is 0 Å². The van der Waals surface area contributed by atoms with E-state index in [1.807, 2.05) is 11.8 Å². The number of thioether (sulfide) groups is 1. The van der Waals surface area contributed by atoms with Crippen molar-refractivity contribution in [2.75, 3.05) is 31.1 Å². The summed E-state index contributed by atoms with van der Waals surface area (Å²) in [6.07, 6.45) is 6.69. The quantitative estimate of drug-likeness (QED) is 0.461. The van der Waals surface area contributed by atoms with E-state index < -0.39 is 0 Å². The second-order valence-electron chi connectivity index (χ2n) is 5.38. The van der Waals surface area contributed by atoms with Crippen LogP contribution in [0.1, 0.15) is 39.0 Å². The van der Waals surface area contributed by atoms with Gasteiger partial charge in [0.05, 0.1) is 0 Å². The zero-order valence-corrected chi connectivity index (χ0v) is 14.5. The first-order chi connectivity index (χ1) is 8.26. The van der Waals surface area contributed by atoms with Crippen molar-refractivity contribution in [3.8, 4) is 0 Å². The molecule has 0 amide bonds. The fourth-order valence-electron chi connectivity index (χ4n) is 2.84. The van der Waals surface area contributed by atoms with Gasteiger partial charge < -0.3 is 10.6 Å². The molecule has 5 heteroatoms. The van der Waals surface area contributed by atoms with Crippen LogP contribution in [-0.2, 0) is 0 Å². The molecule has 2 fully saturated rings. The fourth-order valence-corrected chi connectivity index (χ4v) is 3.74. The third-order valence-electron chi connectivity index (χ3n) is 4.11. The topological polar surface area (TPSA) is 41.6 Å². The van der Waals surface area contributed by atoms with E-state index in [2.05, 4.69) is 16.8 Å². The molecule has 0 unspecified atom stereocenters. The summed E-state index contributed by atoms with van der Waals surface area (Å²) in [6, 6.07) is 0. The summed E-state index contributed by atoms with van der Waals surface area (Å²) in [5, 5.41) is 0. The van der Waals surface area contributed by atoms with E-state index in [9.17, 15) is 0 Å². The van der Waals surface area contributed by atoms with Gasteiger partial charge in [0.25, 0.3) is 0 Å². The Balaban J connectivity index is 0.00000162. The molecular formula is C13H26IN3S. The molecule has 1 saturated carbocycles. The lowest BCUT2D eigenvalue weighted by atomic mass is 9.66. The van der Waals surface area contributed by atoms with Crippen LogP contribution in [0.2, 0.25) is 0 Å². The molecule has 1 aliphatic heterocycles. The predicted octanol–water partition coefficient (Wildman–Crippen LogP) is 2.94. The summed E-state index contributed by atoms with van der Waals surface area (Å²) < 4.78 is 0. The third-order valence-corrected chi connectivity index (χ3v) is 5.05. The molecule has 1 heterocycles. The molecule has 0 aromatic rings. The Kier molecular flexibility index (Phi) is 7.13. The number of hydrogen-bond donors (Lipinski definition) is 1. The van der Waals surface area contributed by atoms with Gasteiger partial charge in [0.2, 0.25) is 0 Å². The molecule has 0 spiro atoms. The summed E-state index contributed by atoms with van der Waals surface area (Å²) in [6.45, 7) is 5.37. The predicted molar refractivity (Wildman–Crippen MR) is 92.0 cm³/mol. The van der Waals surface area contributed by atoms with Crippen molar-refractivity contribution in [3.05, 3.63) is 0 Å². The van der Waals surface area contributed by atoms with Crippen molar-refractivity contribution in [2.24, 2.45) is 16.1 Å². The second kappa shape index (κ2) is 7.82. The van der Waals surface area contributed by atoms with Gasteiger partial charge in [0.15, 0.2) is 5.96 Å². The molecule has 18 heavy (non-hydrogen) atoms. The van der Waals surface area contributed by atoms with Crippen LogP contribution in [0.15, 0.2) is 4.99 Å². The molecule has 2 N–H and O–H groups in total. The minimum Gasteiger partial charge on any atom is -0.370 e. The minimum atomic E-state index is 0. The number of halogens is 1. The summed E-state index contributed by atoms with van der Waals surface area (Å²) in [5.74, 6) is 3.17. The molecule has 2 rings (SSSR count). The number of rotatable bonds is 4. The van der Waals surface area contributed by atoms with Crippen LogP contribution in [0.25, 0.3) is 0 Å². The zero-order chi connectivity index (χ0) is 12.1. The molecule has 2 aliphatic rings. The highest BCUT2D eigenvalue weighted by Gasteiger charge is 2.35. The average molecular weight is 383 g/mol. The second-order valence-corrected chi connectivity index (χ2v) is 6.60. The monoisotopic (exact) mass is 383 g/mol. The normalized spacial score (nSPS) is 23.2. The number of nitrogens with two attached hydrogens (primary N) is 1. The first kappa shape index (κ1) is 16.4. The fraction of sp³-hybridized carbons (Fsp3) is 0.923. The lowest BCUT2D eigenvalue weighted by Gasteiger charge is -2.41. The Hall–Kier alpha value is 0.350. The van der Waals surface area contributed by atoms with Gasteiger partial charge in [-0.1, -0.05) is 19.8 Å². The van der Waals surface area contributed by atoms with Gasteiger partial charge in [0, 0.05) is 31.1 Å². The van der Waals surface area contributed by atoms with E-state index in [0.717, 1.165) is 25.6 Å². The standard InChI is InChI=1S/C13H25N3S.HI/c1-2-4-13(5-3-6-13)11-15-12(14)16-7-9-17-10-8-16;/h2-11H2,1H3,(H2,14,15);1H. The van der Waals surface area contributed by atoms with Crippen LogP contribution in [0, 0.1) is 5.41 Å². The van der Waals surface area contributed by atoms with Gasteiger partial charge in [-0.15, -0.1) is 24.0 Å². The van der Waals surface area contributed by atoms with Crippen LogP contribution < -0.4 is 5.73 Å². The van der Waals surface area contributed by atoms with Gasteiger partial charge >= 0.3 is 0 Å². The van der Waals surface area contributed by atoms with Gasteiger partial charge in [-0.25, -0.2) is 0 Å². The molecular weight excluding hydrogens is 357 g/mol. The Morgan fingerprint density at radius 3 is 2.50 bits per heavy atom. The van der Waals surface area contributed by atoms with Crippen molar-refractivity contribution in [3.63, 3.8) is 0 Å². The smallest absolute Gasteiger partial charge is 0.191 e. The van der Waals surface area contributed by atoms with Crippen LogP contribution in [-0.4, -0.2) is 42.0 Å². The highest BCUT2D eigenvalue weighted by molar-refractivity contribution is 14.0. The number of nitrogens with zero attached hydrogens (tertiary/aromatic N) is 2. The summed E-state index contributed by atoms with van der Waals surface area (Å²) >= 11 is 2.01. The molecule has 1 saturated heterocycles. The van der Waals surface area contributed by atoms with Gasteiger partial charge in [-0.3, -0.25) is 4.99 Å². The first-order valence-corrected chi connectivity index (χ1v) is 8.04. The highest BCUT2D eigenvalue weighted by atomic mass is 127. The highest BCUT2D eigenvalue weighted by Crippen LogP contribution is 2.44. The summed E-state index contributed by atoms with van der Waals surface area (Å²) in [4.78, 5) is 6.92. The molecule has 0 aromatic heterocycles. The van der Waals surface area contributed by atoms with Crippen molar-refractivity contribution in [2.45, 2.75) is 39.0 Å². The summed E-state index contributed by atoms with van der Waals surface area (Å²) in [7, 11) is 0. The zero-order valence-electron chi connectivity index (χ0n) is 11.4. The lowest BCUT2D eigenvalue weighted by Crippen LogP contribution is -2.43. The van der Waals surface area contributed by atoms with Gasteiger partial charge in [-0.05, 0) is 24.7 Å². The molecule has 0 atom stereocenters. The molecule has 0 bridgehead atoms. The van der Waals surface area contributed by atoms with E-state index in [-0.39, 0.29) is 24.0 Å². The maximum atomic E-state index is 6.10. The molecule has 1 aliphatic carbocycles. The lowest BCUT2D eigenvalue weighted by molar-refractivity contribution is 0.129. The SMILES string of the molecule is CCCC1(CN=C(N)N2CCSCC2)CCC1.I. The maximum Gasteiger partial charge on any atom is 0.191 e. The van der Waals surface area contributed by atoms with Crippen LogP contribution in [0.4, 0.5) is 0 Å². The average Bonchev–Trinajstić information content (AvgIpc) is 2.33. The van der Waals surface area contributed by atoms with E-state index >= 15 is 0 Å². The van der Waals surface area contributed by atoms with Crippen LogP contribution >= 0.6 is 35.7 Å². The van der Waals surface area contributed by atoms with Crippen molar-refractivity contribution >= 4 is 41.7 Å². The Bertz CT molecular complexity index is 273. The van der Waals surface area contributed by atoms with E-state index in [1.165, 1.54) is 43.6 Å². The van der Waals surface area contributed by atoms with Crippen molar-refractivity contribution < 1.29 is 0 Å². The Morgan fingerprint density at radius 2 is 2.00 bits per heavy atom. The van der Waals surface area contributed by atoms with E-state index in [0.29, 0.717) is 5.41 Å². The van der Waals surface area contributed by atoms with Crippen molar-refractivity contribution in [1.29, 1.82) is 0 Å². The Morgan fingerprint density at radius 1 is 1.33 bits per heavy atom. The third kappa shape index (κ3) is 4.18. The number of hydrogen-bond acceptors (Lipinski definition) is 2. The molecule has 0 radical (unpaired) electrons. The largest absolute Gasteiger partial charge is 0.370 e. The number of guanidine groups is 1. The summed E-state index contributed by atoms with van der Waals surface area (Å²) in [5.41, 5.74) is 6.60. The minimum absolute atomic E-state index is 0.